The normalized spacial score (nSPS) is 11.6. The minimum absolute atomic E-state index is 0.0502. The number of aromatic nitrogens is 2. The monoisotopic (exact) mass is 528 g/mol. The van der Waals surface area contributed by atoms with Gasteiger partial charge in [-0.3, -0.25) is 4.79 Å². The van der Waals surface area contributed by atoms with Crippen molar-refractivity contribution in [3.8, 4) is 17.3 Å². The van der Waals surface area contributed by atoms with Crippen LogP contribution in [0.2, 0.25) is 0 Å². The molecule has 10 nitrogen and oxygen atoms in total. The molecule has 0 unspecified atom stereocenters. The van der Waals surface area contributed by atoms with E-state index in [2.05, 4.69) is 15.1 Å². The number of sulfonamides is 1. The van der Waals surface area contributed by atoms with Gasteiger partial charge in [-0.1, -0.05) is 32.0 Å². The number of nitrogens with zero attached hydrogens (tertiary/aromatic N) is 2. The zero-order valence-electron chi connectivity index (χ0n) is 21.5. The molecule has 3 aromatic rings. The molecule has 0 saturated heterocycles. The van der Waals surface area contributed by atoms with Crippen LogP contribution >= 0.6 is 0 Å². The molecule has 0 fully saturated rings. The third kappa shape index (κ3) is 6.36. The first-order valence-corrected chi connectivity index (χ1v) is 13.5. The molecule has 1 aromatic heterocycles. The highest BCUT2D eigenvalue weighted by Crippen LogP contribution is 2.35. The molecule has 0 bridgehead atoms. The first-order chi connectivity index (χ1) is 17.5. The quantitative estimate of drug-likeness (QED) is 0.327. The second-order valence-electron chi connectivity index (χ2n) is 8.87. The number of anilines is 1. The van der Waals surface area contributed by atoms with Crippen molar-refractivity contribution >= 4 is 27.6 Å². The van der Waals surface area contributed by atoms with Crippen molar-refractivity contribution in [3.05, 3.63) is 59.8 Å². The average molecular weight is 529 g/mol. The summed E-state index contributed by atoms with van der Waals surface area (Å²) in [6, 6.07) is 12.7. The number of carbonyl (C=O) groups excluding carboxylic acids is 1. The number of carbonyl (C=O) groups is 2. The summed E-state index contributed by atoms with van der Waals surface area (Å²) in [4.78, 5) is 24.2. The van der Waals surface area contributed by atoms with Gasteiger partial charge in [-0.25, -0.2) is 17.9 Å². The summed E-state index contributed by atoms with van der Waals surface area (Å²) < 4.78 is 36.5. The highest BCUT2D eigenvalue weighted by molar-refractivity contribution is 7.89. The van der Waals surface area contributed by atoms with Gasteiger partial charge in [-0.05, 0) is 63.9 Å². The van der Waals surface area contributed by atoms with Gasteiger partial charge in [-0.15, -0.1) is 0 Å². The van der Waals surface area contributed by atoms with Crippen LogP contribution in [0.4, 0.5) is 5.69 Å². The van der Waals surface area contributed by atoms with Gasteiger partial charge in [0.2, 0.25) is 21.8 Å². The minimum atomic E-state index is -4.07. The zero-order chi connectivity index (χ0) is 27.3. The maximum atomic E-state index is 13.3. The Kier molecular flexibility index (Phi) is 8.72. The molecule has 3 N–H and O–H groups in total. The van der Waals surface area contributed by atoms with Crippen molar-refractivity contribution in [2.75, 3.05) is 5.32 Å². The topological polar surface area (TPSA) is 140 Å². The predicted molar refractivity (Wildman–Crippen MR) is 140 cm³/mol. The molecule has 0 atom stereocenters. The Morgan fingerprint density at radius 3 is 2.30 bits per heavy atom. The molecule has 37 heavy (non-hydrogen) atoms. The van der Waals surface area contributed by atoms with Crippen LogP contribution in [0.25, 0.3) is 5.69 Å². The molecule has 198 valence electrons. The van der Waals surface area contributed by atoms with E-state index in [1.165, 1.54) is 23.7 Å². The SMILES string of the molecule is CCC(CC)C(=O)Nc1ccc(Oc2c(C)c(C(=O)O)nn2-c2ccccc2)c(S(=O)(=O)NC(C)C)c1. The fourth-order valence-electron chi connectivity index (χ4n) is 3.81. The number of ether oxygens (including phenoxy) is 1. The lowest BCUT2D eigenvalue weighted by Crippen LogP contribution is -2.30. The van der Waals surface area contributed by atoms with Crippen molar-refractivity contribution in [3.63, 3.8) is 0 Å². The maximum Gasteiger partial charge on any atom is 0.356 e. The van der Waals surface area contributed by atoms with E-state index in [0.29, 0.717) is 24.2 Å². The van der Waals surface area contributed by atoms with Gasteiger partial charge in [0.15, 0.2) is 5.69 Å². The molecule has 0 saturated carbocycles. The Hall–Kier alpha value is -3.70. The lowest BCUT2D eigenvalue weighted by Gasteiger charge is -2.18. The summed E-state index contributed by atoms with van der Waals surface area (Å²) in [5.74, 6) is -1.65. The Labute approximate surface area is 216 Å². The Bertz CT molecular complexity index is 1380. The van der Waals surface area contributed by atoms with Gasteiger partial charge in [0, 0.05) is 23.2 Å². The zero-order valence-corrected chi connectivity index (χ0v) is 22.3. The second kappa shape index (κ2) is 11.6. The first kappa shape index (κ1) is 27.9. The molecule has 11 heteroatoms. The Morgan fingerprint density at radius 2 is 1.73 bits per heavy atom. The summed E-state index contributed by atoms with van der Waals surface area (Å²) in [6.07, 6.45) is 1.30. The van der Waals surface area contributed by atoms with Crippen LogP contribution in [0.5, 0.6) is 11.6 Å². The molecule has 0 radical (unpaired) electrons. The van der Waals surface area contributed by atoms with E-state index in [1.54, 1.807) is 50.2 Å². The fraction of sp³-hybridized carbons (Fsp3) is 0.346. The number of hydrogen-bond donors (Lipinski definition) is 3. The summed E-state index contributed by atoms with van der Waals surface area (Å²) in [5.41, 5.74) is 0.833. The van der Waals surface area contributed by atoms with E-state index < -0.39 is 22.0 Å². The molecule has 0 aliphatic carbocycles. The summed E-state index contributed by atoms with van der Waals surface area (Å²) >= 11 is 0. The second-order valence-corrected chi connectivity index (χ2v) is 10.6. The third-order valence-electron chi connectivity index (χ3n) is 5.73. The average Bonchev–Trinajstić information content (AvgIpc) is 3.16. The predicted octanol–water partition coefficient (Wildman–Crippen LogP) is 4.73. The maximum absolute atomic E-state index is 13.3. The highest BCUT2D eigenvalue weighted by atomic mass is 32.2. The summed E-state index contributed by atoms with van der Waals surface area (Å²) in [5, 5.41) is 16.6. The molecule has 0 aliphatic heterocycles. The Balaban J connectivity index is 2.14. The van der Waals surface area contributed by atoms with Crippen molar-refractivity contribution in [2.45, 2.75) is 58.4 Å². The molecule has 2 aromatic carbocycles. The number of aromatic carboxylic acids is 1. The fourth-order valence-corrected chi connectivity index (χ4v) is 5.21. The summed E-state index contributed by atoms with van der Waals surface area (Å²) in [6.45, 7) is 8.73. The third-order valence-corrected chi connectivity index (χ3v) is 7.41. The number of amides is 1. The van der Waals surface area contributed by atoms with Crippen LogP contribution in [-0.4, -0.2) is 41.2 Å². The van der Waals surface area contributed by atoms with E-state index in [9.17, 15) is 23.1 Å². The molecule has 1 heterocycles. The molecular formula is C26H32N4O6S. The minimum Gasteiger partial charge on any atom is -0.476 e. The van der Waals surface area contributed by atoms with Gasteiger partial charge < -0.3 is 15.2 Å². The number of benzene rings is 2. The van der Waals surface area contributed by atoms with E-state index >= 15 is 0 Å². The first-order valence-electron chi connectivity index (χ1n) is 12.0. The molecule has 0 aliphatic rings. The van der Waals surface area contributed by atoms with E-state index in [-0.39, 0.29) is 39.6 Å². The van der Waals surface area contributed by atoms with Crippen LogP contribution in [-0.2, 0) is 14.8 Å². The van der Waals surface area contributed by atoms with Crippen molar-refractivity contribution in [1.82, 2.24) is 14.5 Å². The van der Waals surface area contributed by atoms with Gasteiger partial charge in [0.1, 0.15) is 10.6 Å². The van der Waals surface area contributed by atoms with E-state index in [1.807, 2.05) is 13.8 Å². The van der Waals surface area contributed by atoms with Crippen LogP contribution in [0.15, 0.2) is 53.4 Å². The molecular weight excluding hydrogens is 496 g/mol. The van der Waals surface area contributed by atoms with E-state index in [0.717, 1.165) is 0 Å². The number of nitrogens with one attached hydrogen (secondary N) is 2. The van der Waals surface area contributed by atoms with Gasteiger partial charge in [0.25, 0.3) is 0 Å². The number of rotatable bonds is 11. The lowest BCUT2D eigenvalue weighted by atomic mass is 10.0. The molecule has 0 spiro atoms. The molecule has 1 amide bonds. The molecule has 3 rings (SSSR count). The van der Waals surface area contributed by atoms with Crippen LogP contribution in [0, 0.1) is 12.8 Å². The van der Waals surface area contributed by atoms with Crippen LogP contribution in [0.1, 0.15) is 56.6 Å². The van der Waals surface area contributed by atoms with Gasteiger partial charge in [0.05, 0.1) is 5.69 Å². The highest BCUT2D eigenvalue weighted by Gasteiger charge is 2.27. The standard InChI is InChI=1S/C26H32N4O6S/c1-6-18(7-2)24(31)27-19-13-14-21(22(15-19)37(34,35)29-16(3)4)36-25-17(5)23(26(32)33)28-30(25)20-11-9-8-10-12-20/h8-16,18,29H,6-7H2,1-5H3,(H,27,31)(H,32,33). The number of carboxylic acids is 1. The van der Waals surface area contributed by atoms with Crippen LogP contribution in [0.3, 0.4) is 0 Å². The lowest BCUT2D eigenvalue weighted by molar-refractivity contribution is -0.120. The Morgan fingerprint density at radius 1 is 1.08 bits per heavy atom. The van der Waals surface area contributed by atoms with Crippen molar-refractivity contribution in [1.29, 1.82) is 0 Å². The number of para-hydroxylation sites is 1. The number of carboxylic acid groups (broad SMARTS) is 1. The van der Waals surface area contributed by atoms with Crippen molar-refractivity contribution in [2.24, 2.45) is 5.92 Å². The van der Waals surface area contributed by atoms with Gasteiger partial charge >= 0.3 is 5.97 Å². The largest absolute Gasteiger partial charge is 0.476 e. The smallest absolute Gasteiger partial charge is 0.356 e. The number of hydrogen-bond acceptors (Lipinski definition) is 6. The van der Waals surface area contributed by atoms with Crippen LogP contribution < -0.4 is 14.8 Å². The van der Waals surface area contributed by atoms with Gasteiger partial charge in [-0.2, -0.15) is 9.78 Å². The van der Waals surface area contributed by atoms with E-state index in [4.69, 9.17) is 4.74 Å². The summed E-state index contributed by atoms with van der Waals surface area (Å²) in [7, 11) is -4.07. The van der Waals surface area contributed by atoms with Crippen molar-refractivity contribution < 1.29 is 27.9 Å².